The molecule has 32 heavy (non-hydrogen) atoms. The number of aryl methyl sites for hydroxylation is 2. The van der Waals surface area contributed by atoms with Crippen molar-refractivity contribution in [2.24, 2.45) is 0 Å². The van der Waals surface area contributed by atoms with Gasteiger partial charge in [0.1, 0.15) is 18.1 Å². The molecule has 2 heterocycles. The standard InChI is InChI=1S/C24H19BrN2O4S/c1-14-3-4-15(2)19(11-14)26-22(28)13-27-23(29)21(32-24(27)30)12-18-9-10-20(31-18)16-5-7-17(25)8-6-16/h3-12H,13H2,1-2H3,(H,26,28)/b21-12+. The van der Waals surface area contributed by atoms with Gasteiger partial charge in [0, 0.05) is 21.8 Å². The summed E-state index contributed by atoms with van der Waals surface area (Å²) in [5, 5.41) is 2.28. The van der Waals surface area contributed by atoms with Crippen LogP contribution in [0.4, 0.5) is 10.5 Å². The summed E-state index contributed by atoms with van der Waals surface area (Å²) < 4.78 is 6.77. The average molecular weight is 511 g/mol. The van der Waals surface area contributed by atoms with E-state index in [4.69, 9.17) is 4.42 Å². The van der Waals surface area contributed by atoms with Gasteiger partial charge in [-0.15, -0.1) is 0 Å². The number of halogens is 1. The number of hydrogen-bond acceptors (Lipinski definition) is 5. The van der Waals surface area contributed by atoms with Crippen LogP contribution in [0.25, 0.3) is 17.4 Å². The van der Waals surface area contributed by atoms with Gasteiger partial charge in [-0.05, 0) is 67.1 Å². The van der Waals surface area contributed by atoms with Crippen molar-refractivity contribution < 1.29 is 18.8 Å². The maximum atomic E-state index is 12.7. The fraction of sp³-hybridized carbons (Fsp3) is 0.125. The van der Waals surface area contributed by atoms with Crippen molar-refractivity contribution in [1.82, 2.24) is 4.90 Å². The van der Waals surface area contributed by atoms with Gasteiger partial charge in [0.05, 0.1) is 4.91 Å². The molecule has 8 heteroatoms. The SMILES string of the molecule is Cc1ccc(C)c(NC(=O)CN2C(=O)S/C(=C/c3ccc(-c4ccc(Br)cc4)o3)C2=O)c1. The zero-order valence-corrected chi connectivity index (χ0v) is 19.7. The summed E-state index contributed by atoms with van der Waals surface area (Å²) in [5.41, 5.74) is 3.45. The summed E-state index contributed by atoms with van der Waals surface area (Å²) in [5.74, 6) is 0.152. The van der Waals surface area contributed by atoms with E-state index in [1.165, 1.54) is 6.08 Å². The smallest absolute Gasteiger partial charge is 0.294 e. The molecule has 1 aromatic heterocycles. The number of amides is 3. The van der Waals surface area contributed by atoms with E-state index in [2.05, 4.69) is 21.2 Å². The molecule has 1 aliphatic heterocycles. The van der Waals surface area contributed by atoms with Crippen LogP contribution in [0.15, 0.2) is 68.4 Å². The Morgan fingerprint density at radius 1 is 1.09 bits per heavy atom. The third-order valence-electron chi connectivity index (χ3n) is 4.87. The molecular weight excluding hydrogens is 492 g/mol. The van der Waals surface area contributed by atoms with Crippen LogP contribution < -0.4 is 5.32 Å². The Kier molecular flexibility index (Phi) is 6.34. The van der Waals surface area contributed by atoms with E-state index in [1.807, 2.05) is 56.3 Å². The lowest BCUT2D eigenvalue weighted by atomic mass is 10.1. The summed E-state index contributed by atoms with van der Waals surface area (Å²) in [4.78, 5) is 38.7. The van der Waals surface area contributed by atoms with Crippen LogP contribution in [-0.4, -0.2) is 28.5 Å². The lowest BCUT2D eigenvalue weighted by Gasteiger charge is -2.14. The molecule has 1 fully saturated rings. The minimum Gasteiger partial charge on any atom is -0.457 e. The van der Waals surface area contributed by atoms with Crippen LogP contribution in [0.2, 0.25) is 0 Å². The molecule has 0 radical (unpaired) electrons. The molecular formula is C24H19BrN2O4S. The number of hydrogen-bond donors (Lipinski definition) is 1. The molecule has 0 atom stereocenters. The summed E-state index contributed by atoms with van der Waals surface area (Å²) in [6.45, 7) is 3.45. The van der Waals surface area contributed by atoms with Crippen molar-refractivity contribution >= 4 is 56.5 Å². The molecule has 0 spiro atoms. The van der Waals surface area contributed by atoms with Gasteiger partial charge < -0.3 is 9.73 Å². The number of thioether (sulfide) groups is 1. The average Bonchev–Trinajstić information content (AvgIpc) is 3.32. The van der Waals surface area contributed by atoms with Crippen LogP contribution in [0, 0.1) is 13.8 Å². The molecule has 0 aliphatic carbocycles. The molecule has 162 valence electrons. The monoisotopic (exact) mass is 510 g/mol. The number of nitrogens with zero attached hydrogens (tertiary/aromatic N) is 1. The quantitative estimate of drug-likeness (QED) is 0.425. The maximum Gasteiger partial charge on any atom is 0.294 e. The highest BCUT2D eigenvalue weighted by atomic mass is 79.9. The van der Waals surface area contributed by atoms with Crippen LogP contribution in [0.1, 0.15) is 16.9 Å². The van der Waals surface area contributed by atoms with Crippen molar-refractivity contribution in [2.45, 2.75) is 13.8 Å². The molecule has 1 aliphatic rings. The van der Waals surface area contributed by atoms with E-state index >= 15 is 0 Å². The minimum atomic E-state index is -0.516. The Morgan fingerprint density at radius 2 is 1.84 bits per heavy atom. The number of rotatable bonds is 5. The minimum absolute atomic E-state index is 0.214. The van der Waals surface area contributed by atoms with Crippen LogP contribution >= 0.6 is 27.7 Å². The van der Waals surface area contributed by atoms with Crippen LogP contribution in [-0.2, 0) is 9.59 Å². The Bertz CT molecular complexity index is 1250. The predicted molar refractivity (Wildman–Crippen MR) is 129 cm³/mol. The number of carbonyl (C=O) groups is 3. The summed E-state index contributed by atoms with van der Waals surface area (Å²) in [6.07, 6.45) is 1.52. The van der Waals surface area contributed by atoms with Gasteiger partial charge in [-0.1, -0.05) is 40.2 Å². The number of furan rings is 1. The Labute approximate surface area is 197 Å². The fourth-order valence-electron chi connectivity index (χ4n) is 3.17. The third-order valence-corrected chi connectivity index (χ3v) is 6.31. The van der Waals surface area contributed by atoms with Gasteiger partial charge in [-0.2, -0.15) is 0 Å². The molecule has 1 N–H and O–H groups in total. The number of imide groups is 1. The Balaban J connectivity index is 1.45. The number of benzene rings is 2. The van der Waals surface area contributed by atoms with Crippen molar-refractivity contribution in [1.29, 1.82) is 0 Å². The summed E-state index contributed by atoms with van der Waals surface area (Å²) >= 11 is 4.19. The van der Waals surface area contributed by atoms with E-state index < -0.39 is 17.1 Å². The zero-order valence-electron chi connectivity index (χ0n) is 17.3. The van der Waals surface area contributed by atoms with Crippen molar-refractivity contribution in [2.75, 3.05) is 11.9 Å². The topological polar surface area (TPSA) is 79.6 Å². The zero-order chi connectivity index (χ0) is 22.8. The molecule has 3 amide bonds. The van der Waals surface area contributed by atoms with E-state index in [-0.39, 0.29) is 11.4 Å². The van der Waals surface area contributed by atoms with E-state index in [9.17, 15) is 14.4 Å². The highest BCUT2D eigenvalue weighted by Gasteiger charge is 2.36. The van der Waals surface area contributed by atoms with E-state index in [0.29, 0.717) is 17.2 Å². The summed E-state index contributed by atoms with van der Waals surface area (Å²) in [6, 6.07) is 16.9. The molecule has 0 unspecified atom stereocenters. The van der Waals surface area contributed by atoms with Gasteiger partial charge in [0.2, 0.25) is 5.91 Å². The lowest BCUT2D eigenvalue weighted by molar-refractivity contribution is -0.127. The summed E-state index contributed by atoms with van der Waals surface area (Å²) in [7, 11) is 0. The number of anilines is 1. The van der Waals surface area contributed by atoms with Gasteiger partial charge >= 0.3 is 0 Å². The second-order valence-corrected chi connectivity index (χ2v) is 9.25. The van der Waals surface area contributed by atoms with Gasteiger partial charge in [0.25, 0.3) is 11.1 Å². The second kappa shape index (κ2) is 9.18. The van der Waals surface area contributed by atoms with E-state index in [0.717, 1.165) is 37.8 Å². The number of nitrogens with one attached hydrogen (secondary N) is 1. The predicted octanol–water partition coefficient (Wildman–Crippen LogP) is 6.00. The Morgan fingerprint density at radius 3 is 2.59 bits per heavy atom. The fourth-order valence-corrected chi connectivity index (χ4v) is 4.25. The lowest BCUT2D eigenvalue weighted by Crippen LogP contribution is -2.36. The highest BCUT2D eigenvalue weighted by Crippen LogP contribution is 2.33. The first-order valence-corrected chi connectivity index (χ1v) is 11.4. The molecule has 4 rings (SSSR count). The normalized spacial score (nSPS) is 15.0. The molecule has 2 aromatic carbocycles. The molecule has 0 bridgehead atoms. The van der Waals surface area contributed by atoms with Crippen molar-refractivity contribution in [3.8, 4) is 11.3 Å². The molecule has 3 aromatic rings. The largest absolute Gasteiger partial charge is 0.457 e. The van der Waals surface area contributed by atoms with Gasteiger partial charge in [0.15, 0.2) is 0 Å². The highest BCUT2D eigenvalue weighted by molar-refractivity contribution is 9.10. The Hall–Kier alpha value is -3.10. The van der Waals surface area contributed by atoms with Gasteiger partial charge in [-0.25, -0.2) is 0 Å². The molecule has 6 nitrogen and oxygen atoms in total. The van der Waals surface area contributed by atoms with E-state index in [1.54, 1.807) is 12.1 Å². The molecule has 1 saturated heterocycles. The first-order chi connectivity index (χ1) is 15.3. The van der Waals surface area contributed by atoms with Crippen molar-refractivity contribution in [3.63, 3.8) is 0 Å². The first kappa shape index (κ1) is 22.1. The van der Waals surface area contributed by atoms with Crippen molar-refractivity contribution in [3.05, 3.63) is 80.9 Å². The molecule has 0 saturated carbocycles. The van der Waals surface area contributed by atoms with Crippen LogP contribution in [0.3, 0.4) is 0 Å². The first-order valence-electron chi connectivity index (χ1n) is 9.78. The second-order valence-electron chi connectivity index (χ2n) is 7.34. The van der Waals surface area contributed by atoms with Crippen LogP contribution in [0.5, 0.6) is 0 Å². The maximum absolute atomic E-state index is 12.7. The third kappa shape index (κ3) is 4.87. The number of carbonyl (C=O) groups excluding carboxylic acids is 3. The van der Waals surface area contributed by atoms with Gasteiger partial charge in [-0.3, -0.25) is 19.3 Å².